The minimum Gasteiger partial charge on any atom is -0.396 e. The standard InChI is InChI=1S/C31H43N5O3S2/c37-17-5-4-14-32-15-16-36(20-22-6-2-1-3-7-22)31(40)34-24-12-13-26-25(18-24)27(29(39)33-19-21-8-9-21)30(41-26)35-28(38)23-10-11-23/h1-3,6-7,21,23-24,32,37H,4-5,8-20H2,(H,33,39)(H,34,40)(H,35,38). The molecule has 1 aromatic heterocycles. The molecule has 1 heterocycles. The Morgan fingerprint density at radius 2 is 1.85 bits per heavy atom. The number of benzene rings is 1. The number of thiocarbonyl (C=S) groups is 1. The van der Waals surface area contributed by atoms with Gasteiger partial charge in [0, 0.05) is 49.6 Å². The van der Waals surface area contributed by atoms with E-state index in [9.17, 15) is 9.59 Å². The molecule has 0 spiro atoms. The number of fused-ring (bicyclic) bond motifs is 1. The number of amides is 2. The number of thiophene rings is 1. The molecule has 10 heteroatoms. The highest BCUT2D eigenvalue weighted by Crippen LogP contribution is 2.40. The van der Waals surface area contributed by atoms with Gasteiger partial charge in [0.2, 0.25) is 5.91 Å². The summed E-state index contributed by atoms with van der Waals surface area (Å²) < 4.78 is 0. The molecule has 2 fully saturated rings. The average Bonchev–Trinajstić information content (AvgIpc) is 3.90. The van der Waals surface area contributed by atoms with Crippen LogP contribution in [0.25, 0.3) is 0 Å². The Labute approximate surface area is 252 Å². The Bertz CT molecular complexity index is 1200. The van der Waals surface area contributed by atoms with E-state index < -0.39 is 0 Å². The number of anilines is 1. The van der Waals surface area contributed by atoms with E-state index in [0.717, 1.165) is 68.8 Å². The zero-order valence-electron chi connectivity index (χ0n) is 23.8. The monoisotopic (exact) mass is 597 g/mol. The Morgan fingerprint density at radius 3 is 2.59 bits per heavy atom. The van der Waals surface area contributed by atoms with Gasteiger partial charge < -0.3 is 31.3 Å². The fourth-order valence-electron chi connectivity index (χ4n) is 5.27. The molecule has 2 aromatic rings. The first-order valence-corrected chi connectivity index (χ1v) is 16.4. The van der Waals surface area contributed by atoms with Crippen LogP contribution in [0.3, 0.4) is 0 Å². The van der Waals surface area contributed by atoms with Crippen LogP contribution in [-0.2, 0) is 24.2 Å². The quantitative estimate of drug-likeness (QED) is 0.157. The predicted molar refractivity (Wildman–Crippen MR) is 168 cm³/mol. The van der Waals surface area contributed by atoms with E-state index in [1.165, 1.54) is 23.3 Å². The summed E-state index contributed by atoms with van der Waals surface area (Å²) in [5.74, 6) is 0.645. The molecule has 1 atom stereocenters. The van der Waals surface area contributed by atoms with Crippen molar-refractivity contribution < 1.29 is 14.7 Å². The predicted octanol–water partition coefficient (Wildman–Crippen LogP) is 3.83. The van der Waals surface area contributed by atoms with E-state index >= 15 is 0 Å². The SMILES string of the molecule is O=C(NCC1CC1)c1c(NC(=O)C2CC2)sc2c1CC(NC(=S)N(CCNCCCCO)Cc1ccccc1)CC2. The van der Waals surface area contributed by atoms with Crippen molar-refractivity contribution in [2.45, 2.75) is 70.4 Å². The van der Waals surface area contributed by atoms with Crippen LogP contribution in [0.5, 0.6) is 0 Å². The molecular weight excluding hydrogens is 555 g/mol. The molecule has 41 heavy (non-hydrogen) atoms. The van der Waals surface area contributed by atoms with Gasteiger partial charge in [-0.25, -0.2) is 0 Å². The zero-order valence-corrected chi connectivity index (χ0v) is 25.4. The van der Waals surface area contributed by atoms with E-state index in [1.54, 1.807) is 11.3 Å². The summed E-state index contributed by atoms with van der Waals surface area (Å²) in [7, 11) is 0. The van der Waals surface area contributed by atoms with Gasteiger partial charge in [-0.05, 0) is 93.6 Å². The first-order valence-electron chi connectivity index (χ1n) is 15.2. The number of hydrogen-bond donors (Lipinski definition) is 5. The molecule has 8 nitrogen and oxygen atoms in total. The van der Waals surface area contributed by atoms with Gasteiger partial charge in [-0.15, -0.1) is 11.3 Å². The van der Waals surface area contributed by atoms with Crippen LogP contribution < -0.4 is 21.3 Å². The lowest BCUT2D eigenvalue weighted by Gasteiger charge is -2.31. The second-order valence-corrected chi connectivity index (χ2v) is 13.1. The number of unbranched alkanes of at least 4 members (excludes halogenated alkanes) is 1. The minimum absolute atomic E-state index is 0.0391. The fourth-order valence-corrected chi connectivity index (χ4v) is 6.83. The second-order valence-electron chi connectivity index (χ2n) is 11.6. The normalized spacial score (nSPS) is 17.9. The Hall–Kier alpha value is -2.53. The highest BCUT2D eigenvalue weighted by molar-refractivity contribution is 7.80. The van der Waals surface area contributed by atoms with Gasteiger partial charge in [-0.2, -0.15) is 0 Å². The smallest absolute Gasteiger partial charge is 0.254 e. The minimum atomic E-state index is -0.0679. The summed E-state index contributed by atoms with van der Waals surface area (Å²) in [5, 5.41) is 23.8. The Morgan fingerprint density at radius 1 is 1.05 bits per heavy atom. The number of carbonyl (C=O) groups is 2. The van der Waals surface area contributed by atoms with Gasteiger partial charge in [0.25, 0.3) is 5.91 Å². The van der Waals surface area contributed by atoms with Crippen molar-refractivity contribution in [1.82, 2.24) is 20.9 Å². The largest absolute Gasteiger partial charge is 0.396 e. The first kappa shape index (κ1) is 29.9. The van der Waals surface area contributed by atoms with Crippen molar-refractivity contribution in [3.05, 3.63) is 51.9 Å². The molecule has 0 bridgehead atoms. The molecule has 5 N–H and O–H groups in total. The van der Waals surface area contributed by atoms with Crippen LogP contribution in [0.1, 0.15) is 71.3 Å². The number of nitrogens with one attached hydrogen (secondary N) is 4. The molecule has 0 radical (unpaired) electrons. The van der Waals surface area contributed by atoms with E-state index in [2.05, 4.69) is 38.3 Å². The summed E-state index contributed by atoms with van der Waals surface area (Å²) in [6.07, 6.45) is 8.45. The van der Waals surface area contributed by atoms with Crippen molar-refractivity contribution in [3.8, 4) is 0 Å². The molecule has 2 saturated carbocycles. The maximum absolute atomic E-state index is 13.4. The van der Waals surface area contributed by atoms with E-state index in [-0.39, 0.29) is 30.4 Å². The number of aliphatic hydroxyl groups excluding tert-OH is 1. The number of nitrogens with zero attached hydrogens (tertiary/aromatic N) is 1. The third-order valence-corrected chi connectivity index (χ3v) is 9.66. The number of hydrogen-bond acceptors (Lipinski definition) is 6. The van der Waals surface area contributed by atoms with Gasteiger partial charge in [0.1, 0.15) is 5.00 Å². The molecule has 5 rings (SSSR count). The summed E-state index contributed by atoms with van der Waals surface area (Å²) in [6, 6.07) is 10.5. The first-order chi connectivity index (χ1) is 20.0. The molecule has 3 aliphatic carbocycles. The average molecular weight is 598 g/mol. The molecule has 0 aliphatic heterocycles. The van der Waals surface area contributed by atoms with Gasteiger partial charge in [0.05, 0.1) is 5.56 Å². The number of carbonyl (C=O) groups excluding carboxylic acids is 2. The molecule has 222 valence electrons. The summed E-state index contributed by atoms with van der Waals surface area (Å²) in [4.78, 5) is 29.5. The van der Waals surface area contributed by atoms with Gasteiger partial charge in [-0.1, -0.05) is 30.3 Å². The number of aliphatic hydroxyl groups is 1. The van der Waals surface area contributed by atoms with Crippen LogP contribution >= 0.6 is 23.6 Å². The van der Waals surface area contributed by atoms with E-state index in [4.69, 9.17) is 17.3 Å². The highest BCUT2D eigenvalue weighted by atomic mass is 32.1. The van der Waals surface area contributed by atoms with Crippen LogP contribution in [-0.4, -0.2) is 65.8 Å². The molecule has 1 unspecified atom stereocenters. The van der Waals surface area contributed by atoms with Crippen LogP contribution in [0.2, 0.25) is 0 Å². The summed E-state index contributed by atoms with van der Waals surface area (Å²) in [6.45, 7) is 4.08. The third kappa shape index (κ3) is 8.73. The van der Waals surface area contributed by atoms with Crippen LogP contribution in [0.15, 0.2) is 30.3 Å². The van der Waals surface area contributed by atoms with Crippen molar-refractivity contribution in [2.75, 3.05) is 38.1 Å². The van der Waals surface area contributed by atoms with Crippen LogP contribution in [0, 0.1) is 11.8 Å². The lowest BCUT2D eigenvalue weighted by molar-refractivity contribution is -0.117. The lowest BCUT2D eigenvalue weighted by Crippen LogP contribution is -2.48. The van der Waals surface area contributed by atoms with Crippen molar-refractivity contribution >= 4 is 45.5 Å². The van der Waals surface area contributed by atoms with Crippen LogP contribution in [0.4, 0.5) is 5.00 Å². The highest BCUT2D eigenvalue weighted by Gasteiger charge is 2.34. The number of aryl methyl sites for hydroxylation is 1. The van der Waals surface area contributed by atoms with E-state index in [0.29, 0.717) is 36.0 Å². The van der Waals surface area contributed by atoms with Crippen molar-refractivity contribution in [3.63, 3.8) is 0 Å². The maximum atomic E-state index is 13.4. The second kappa shape index (κ2) is 14.6. The van der Waals surface area contributed by atoms with Gasteiger partial charge in [0.15, 0.2) is 5.11 Å². The Balaban J connectivity index is 1.25. The molecule has 2 amide bonds. The fraction of sp³-hybridized carbons (Fsp3) is 0.581. The van der Waals surface area contributed by atoms with Gasteiger partial charge in [-0.3, -0.25) is 9.59 Å². The summed E-state index contributed by atoms with van der Waals surface area (Å²) in [5.41, 5.74) is 2.91. The zero-order chi connectivity index (χ0) is 28.6. The van der Waals surface area contributed by atoms with Crippen molar-refractivity contribution in [2.24, 2.45) is 11.8 Å². The van der Waals surface area contributed by atoms with E-state index in [1.807, 2.05) is 18.2 Å². The van der Waals surface area contributed by atoms with Gasteiger partial charge >= 0.3 is 0 Å². The maximum Gasteiger partial charge on any atom is 0.254 e. The topological polar surface area (TPSA) is 106 Å². The molecule has 0 saturated heterocycles. The molecular formula is C31H43N5O3S2. The number of rotatable bonds is 15. The molecule has 1 aromatic carbocycles. The third-order valence-electron chi connectivity index (χ3n) is 8.07. The molecule has 3 aliphatic rings. The lowest BCUT2D eigenvalue weighted by atomic mass is 9.91. The Kier molecular flexibility index (Phi) is 10.6. The summed E-state index contributed by atoms with van der Waals surface area (Å²) >= 11 is 7.53. The van der Waals surface area contributed by atoms with Crippen molar-refractivity contribution in [1.29, 1.82) is 0 Å².